The van der Waals surface area contributed by atoms with E-state index in [9.17, 15) is 15.0 Å². The summed E-state index contributed by atoms with van der Waals surface area (Å²) >= 11 is 0. The van der Waals surface area contributed by atoms with Gasteiger partial charge < -0.3 is 14.6 Å². The van der Waals surface area contributed by atoms with E-state index in [1.165, 1.54) is 12.5 Å². The van der Waals surface area contributed by atoms with E-state index < -0.39 is 11.7 Å². The zero-order valence-electron chi connectivity index (χ0n) is 11.4. The first-order chi connectivity index (χ1) is 8.74. The minimum Gasteiger partial charge on any atom is -0.471 e. The molecule has 3 rings (SSSR count). The van der Waals surface area contributed by atoms with E-state index in [-0.39, 0.29) is 11.2 Å². The molecule has 1 heterocycles. The summed E-state index contributed by atoms with van der Waals surface area (Å²) in [4.78, 5) is 12.6. The fourth-order valence-electron chi connectivity index (χ4n) is 3.27. The Labute approximate surface area is 111 Å². The summed E-state index contributed by atoms with van der Waals surface area (Å²) in [5, 5.41) is 21.1. The van der Waals surface area contributed by atoms with Crippen molar-refractivity contribution in [3.05, 3.63) is 34.8 Å². The summed E-state index contributed by atoms with van der Waals surface area (Å²) in [5.41, 5.74) is 0.567. The van der Waals surface area contributed by atoms with Crippen LogP contribution in [0.3, 0.4) is 0 Å². The molecule has 102 valence electrons. The second-order valence-electron chi connectivity index (χ2n) is 6.59. The molecule has 2 atom stereocenters. The van der Waals surface area contributed by atoms with Crippen molar-refractivity contribution in [2.45, 2.75) is 45.3 Å². The topological polar surface area (TPSA) is 70.7 Å². The van der Waals surface area contributed by atoms with Crippen molar-refractivity contribution in [1.29, 1.82) is 0 Å². The normalized spacial score (nSPS) is 33.1. The van der Waals surface area contributed by atoms with Crippen molar-refractivity contribution in [2.75, 3.05) is 0 Å². The van der Waals surface area contributed by atoms with Crippen molar-refractivity contribution in [1.82, 2.24) is 0 Å². The highest BCUT2D eigenvalue weighted by Gasteiger charge is 2.49. The Morgan fingerprint density at radius 1 is 1.26 bits per heavy atom. The molecular formula is C15H18O4. The number of hydrogen-bond donors (Lipinski definition) is 2. The Morgan fingerprint density at radius 3 is 2.63 bits per heavy atom. The average Bonchev–Trinajstić information content (AvgIpc) is 2.89. The van der Waals surface area contributed by atoms with Crippen LogP contribution in [0.5, 0.6) is 0 Å². The van der Waals surface area contributed by atoms with E-state index in [0.29, 0.717) is 35.1 Å². The lowest BCUT2D eigenvalue weighted by molar-refractivity contribution is -0.0391. The maximum absolute atomic E-state index is 12.6. The third kappa shape index (κ3) is 1.63. The van der Waals surface area contributed by atoms with Gasteiger partial charge in [-0.3, -0.25) is 4.79 Å². The molecule has 19 heavy (non-hydrogen) atoms. The molecule has 1 aromatic rings. The van der Waals surface area contributed by atoms with E-state index in [1.807, 2.05) is 0 Å². The molecule has 0 aliphatic heterocycles. The van der Waals surface area contributed by atoms with Crippen molar-refractivity contribution >= 4 is 5.78 Å². The van der Waals surface area contributed by atoms with Crippen LogP contribution in [0.25, 0.3) is 0 Å². The number of aliphatic hydroxyl groups excluding tert-OH is 1. The van der Waals surface area contributed by atoms with Crippen LogP contribution in [0, 0.1) is 5.41 Å². The second-order valence-corrected chi connectivity index (χ2v) is 6.59. The number of Topliss-reactive ketones (excluding diaryl/α,β-unsaturated/α-hetero) is 1. The fraction of sp³-hybridized carbons (Fsp3) is 0.533. The van der Waals surface area contributed by atoms with Gasteiger partial charge in [0.2, 0.25) is 0 Å². The van der Waals surface area contributed by atoms with Crippen LogP contribution in [0.4, 0.5) is 0 Å². The summed E-state index contributed by atoms with van der Waals surface area (Å²) in [6.07, 6.45) is 2.82. The third-order valence-corrected chi connectivity index (χ3v) is 4.32. The van der Waals surface area contributed by atoms with Gasteiger partial charge in [0.1, 0.15) is 18.0 Å². The first-order valence-electron chi connectivity index (χ1n) is 6.48. The Kier molecular flexibility index (Phi) is 2.38. The number of ketones is 1. The number of carbonyl (C=O) groups is 1. The van der Waals surface area contributed by atoms with Crippen molar-refractivity contribution in [2.24, 2.45) is 5.41 Å². The monoisotopic (exact) mass is 262 g/mol. The van der Waals surface area contributed by atoms with Crippen LogP contribution >= 0.6 is 0 Å². The fourth-order valence-corrected chi connectivity index (χ4v) is 3.27. The number of rotatable bonds is 0. The van der Waals surface area contributed by atoms with Gasteiger partial charge >= 0.3 is 0 Å². The molecule has 2 aliphatic carbocycles. The van der Waals surface area contributed by atoms with Gasteiger partial charge in [-0.15, -0.1) is 0 Å². The number of furan rings is 1. The minimum absolute atomic E-state index is 0.0642. The van der Waals surface area contributed by atoms with Gasteiger partial charge in [-0.2, -0.15) is 0 Å². The minimum atomic E-state index is -1.42. The Balaban J connectivity index is 2.23. The number of aliphatic hydroxyl groups is 2. The molecule has 1 aromatic heterocycles. The number of allylic oxidation sites excluding steroid dienone is 1. The highest BCUT2D eigenvalue weighted by molar-refractivity contribution is 6.11. The van der Waals surface area contributed by atoms with Crippen molar-refractivity contribution in [3.8, 4) is 0 Å². The van der Waals surface area contributed by atoms with Crippen LogP contribution in [0.2, 0.25) is 0 Å². The molecule has 0 spiro atoms. The molecule has 0 fully saturated rings. The summed E-state index contributed by atoms with van der Waals surface area (Å²) in [5.74, 6) is -0.124. The van der Waals surface area contributed by atoms with E-state index in [2.05, 4.69) is 13.8 Å². The highest BCUT2D eigenvalue weighted by Crippen LogP contribution is 2.51. The molecule has 2 N–H and O–H groups in total. The number of carbonyl (C=O) groups excluding carboxylic acids is 1. The summed E-state index contributed by atoms with van der Waals surface area (Å²) < 4.78 is 5.04. The van der Waals surface area contributed by atoms with Crippen LogP contribution in [0.15, 0.2) is 28.1 Å². The number of hydrogen-bond acceptors (Lipinski definition) is 4. The van der Waals surface area contributed by atoms with Crippen molar-refractivity contribution < 1.29 is 19.4 Å². The zero-order valence-corrected chi connectivity index (χ0v) is 11.4. The lowest BCUT2D eigenvalue weighted by Crippen LogP contribution is -2.35. The maximum atomic E-state index is 12.6. The maximum Gasteiger partial charge on any atom is 0.192 e. The van der Waals surface area contributed by atoms with Gasteiger partial charge in [-0.05, 0) is 30.8 Å². The summed E-state index contributed by atoms with van der Waals surface area (Å²) in [6.45, 7) is 5.70. The molecule has 4 nitrogen and oxygen atoms in total. The van der Waals surface area contributed by atoms with Gasteiger partial charge in [-0.25, -0.2) is 0 Å². The van der Waals surface area contributed by atoms with Crippen LogP contribution in [-0.2, 0) is 0 Å². The molecule has 0 bridgehead atoms. The standard InChI is InChI=1S/C15H18O4/c1-14(2)4-8-11(5-14)15(3,18)13(17)10-7-19-6-9(10)12(8)16/h6-7,13,17-18H,4-5H2,1-3H3/t13-,15-/m0/s1. The average molecular weight is 262 g/mol. The van der Waals surface area contributed by atoms with Crippen LogP contribution in [0.1, 0.15) is 55.6 Å². The Bertz CT molecular complexity index is 589. The summed E-state index contributed by atoms with van der Waals surface area (Å²) in [6, 6.07) is 0. The van der Waals surface area contributed by atoms with E-state index in [1.54, 1.807) is 6.92 Å². The van der Waals surface area contributed by atoms with Gasteiger partial charge in [-0.1, -0.05) is 13.8 Å². The predicted molar refractivity (Wildman–Crippen MR) is 68.7 cm³/mol. The molecule has 0 aromatic carbocycles. The molecule has 2 aliphatic rings. The Morgan fingerprint density at radius 2 is 1.95 bits per heavy atom. The zero-order chi connectivity index (χ0) is 14.0. The quantitative estimate of drug-likeness (QED) is 0.753. The SMILES string of the molecule is CC1(C)CC2=C(C1)[C@](C)(O)[C@@H](O)c1cocc1C2=O. The van der Waals surface area contributed by atoms with Gasteiger partial charge in [0, 0.05) is 11.1 Å². The smallest absolute Gasteiger partial charge is 0.192 e. The van der Waals surface area contributed by atoms with Gasteiger partial charge in [0.15, 0.2) is 5.78 Å². The number of fused-ring (bicyclic) bond motifs is 1. The third-order valence-electron chi connectivity index (χ3n) is 4.32. The highest BCUT2D eigenvalue weighted by atomic mass is 16.3. The van der Waals surface area contributed by atoms with E-state index in [4.69, 9.17) is 4.42 Å². The Hall–Kier alpha value is -1.39. The van der Waals surface area contributed by atoms with E-state index in [0.717, 1.165) is 0 Å². The first kappa shape index (κ1) is 12.6. The van der Waals surface area contributed by atoms with Gasteiger partial charge in [0.25, 0.3) is 0 Å². The van der Waals surface area contributed by atoms with Crippen LogP contribution < -0.4 is 0 Å². The van der Waals surface area contributed by atoms with Crippen molar-refractivity contribution in [3.63, 3.8) is 0 Å². The molecule has 0 saturated heterocycles. The predicted octanol–water partition coefficient (Wildman–Crippen LogP) is 2.38. The molecule has 0 saturated carbocycles. The molecule has 4 heteroatoms. The van der Waals surface area contributed by atoms with Crippen LogP contribution in [-0.4, -0.2) is 21.6 Å². The van der Waals surface area contributed by atoms with Gasteiger partial charge in [0.05, 0.1) is 11.8 Å². The molecule has 0 radical (unpaired) electrons. The largest absolute Gasteiger partial charge is 0.471 e. The summed E-state index contributed by atoms with van der Waals surface area (Å²) in [7, 11) is 0. The van der Waals surface area contributed by atoms with E-state index >= 15 is 0 Å². The lowest BCUT2D eigenvalue weighted by Gasteiger charge is -2.31. The first-order valence-corrected chi connectivity index (χ1v) is 6.48. The molecule has 0 amide bonds. The lowest BCUT2D eigenvalue weighted by atomic mass is 9.81. The molecule has 0 unspecified atom stereocenters. The molecular weight excluding hydrogens is 244 g/mol. The second kappa shape index (κ2) is 3.58.